The summed E-state index contributed by atoms with van der Waals surface area (Å²) in [6, 6.07) is 5.87. The van der Waals surface area contributed by atoms with Gasteiger partial charge in [0.1, 0.15) is 11.5 Å². The molecule has 0 radical (unpaired) electrons. The Labute approximate surface area is 190 Å². The van der Waals surface area contributed by atoms with Gasteiger partial charge < -0.3 is 5.32 Å². The first-order chi connectivity index (χ1) is 15.3. The van der Waals surface area contributed by atoms with E-state index in [1.165, 1.54) is 6.07 Å². The van der Waals surface area contributed by atoms with Crippen LogP contribution in [0.4, 0.5) is 18.9 Å². The number of aromatic nitrogens is 1. The Morgan fingerprint density at radius 2 is 1.88 bits per heavy atom. The Bertz CT molecular complexity index is 1060. The van der Waals surface area contributed by atoms with Crippen molar-refractivity contribution in [2.24, 2.45) is 23.7 Å². The van der Waals surface area contributed by atoms with Crippen LogP contribution in [0.1, 0.15) is 50.6 Å². The van der Waals surface area contributed by atoms with E-state index in [4.69, 9.17) is 11.6 Å². The number of allylic oxidation sites excluding steroid dienone is 2. The van der Waals surface area contributed by atoms with E-state index in [-0.39, 0.29) is 17.5 Å². The average molecular weight is 463 g/mol. The number of carbonyl (C=O) groups is 1. The van der Waals surface area contributed by atoms with E-state index in [1.807, 2.05) is 0 Å². The quantitative estimate of drug-likeness (QED) is 0.484. The minimum Gasteiger partial charge on any atom is -0.382 e. The third kappa shape index (κ3) is 4.39. The summed E-state index contributed by atoms with van der Waals surface area (Å²) < 4.78 is 40.1. The number of halogens is 4. The van der Waals surface area contributed by atoms with E-state index in [9.17, 15) is 18.0 Å². The largest absolute Gasteiger partial charge is 0.433 e. The van der Waals surface area contributed by atoms with Crippen LogP contribution < -0.4 is 5.32 Å². The number of nitrogens with one attached hydrogen (secondary N) is 1. The zero-order valence-electron chi connectivity index (χ0n) is 17.7. The highest BCUT2D eigenvalue weighted by Gasteiger charge is 2.40. The molecule has 5 rings (SSSR count). The van der Waals surface area contributed by atoms with Gasteiger partial charge >= 0.3 is 6.18 Å². The third-order valence-corrected chi connectivity index (χ3v) is 7.68. The molecule has 1 aromatic carbocycles. The third-order valence-electron chi connectivity index (χ3n) is 7.45. The van der Waals surface area contributed by atoms with Crippen molar-refractivity contribution in [2.45, 2.75) is 57.2 Å². The van der Waals surface area contributed by atoms with Gasteiger partial charge in [0, 0.05) is 34.5 Å². The Kier molecular flexibility index (Phi) is 5.68. The lowest BCUT2D eigenvalue weighted by Gasteiger charge is -2.31. The van der Waals surface area contributed by atoms with Crippen LogP contribution in [0.25, 0.3) is 10.9 Å². The van der Waals surface area contributed by atoms with E-state index in [2.05, 4.69) is 22.5 Å². The summed E-state index contributed by atoms with van der Waals surface area (Å²) in [5.41, 5.74) is -0.224. The molecule has 0 aliphatic heterocycles. The number of fused-ring (bicyclic) bond motifs is 3. The van der Waals surface area contributed by atoms with Gasteiger partial charge in [-0.05, 0) is 80.5 Å². The van der Waals surface area contributed by atoms with E-state index in [0.717, 1.165) is 44.6 Å². The first-order valence-electron chi connectivity index (χ1n) is 11.4. The summed E-state index contributed by atoms with van der Waals surface area (Å²) in [4.78, 5) is 16.6. The summed E-state index contributed by atoms with van der Waals surface area (Å²) in [6.45, 7) is 0. The Morgan fingerprint density at radius 3 is 2.53 bits per heavy atom. The molecule has 170 valence electrons. The number of hydrogen-bond donors (Lipinski definition) is 1. The van der Waals surface area contributed by atoms with E-state index in [0.29, 0.717) is 46.1 Å². The van der Waals surface area contributed by atoms with Gasteiger partial charge in [-0.1, -0.05) is 23.8 Å². The highest BCUT2D eigenvalue weighted by atomic mass is 35.5. The number of Topliss-reactive ketones (excluding diaryl/α,β-unsaturated/α-hetero) is 1. The fourth-order valence-corrected chi connectivity index (χ4v) is 5.95. The van der Waals surface area contributed by atoms with Crippen LogP contribution in [-0.2, 0) is 11.0 Å². The minimum absolute atomic E-state index is 0.0671. The van der Waals surface area contributed by atoms with Crippen molar-refractivity contribution in [2.75, 3.05) is 5.32 Å². The molecule has 1 N–H and O–H groups in total. The number of benzene rings is 1. The molecule has 2 saturated carbocycles. The van der Waals surface area contributed by atoms with Crippen LogP contribution in [0.3, 0.4) is 0 Å². The highest BCUT2D eigenvalue weighted by Crippen LogP contribution is 2.45. The monoisotopic (exact) mass is 462 g/mol. The summed E-state index contributed by atoms with van der Waals surface area (Å²) in [7, 11) is 0. The normalized spacial score (nSPS) is 29.6. The van der Waals surface area contributed by atoms with Gasteiger partial charge in [0.2, 0.25) is 0 Å². The molecular weight excluding hydrogens is 437 g/mol. The second kappa shape index (κ2) is 8.36. The molecule has 3 aliphatic carbocycles. The molecule has 32 heavy (non-hydrogen) atoms. The predicted octanol–water partition coefficient (Wildman–Crippen LogP) is 7.05. The standard InChI is InChI=1S/C25H26ClF3N2O/c26-17-5-8-21-20(12-17)22(13-24(31-21)25(27,28)29)30-18-6-2-14(3-7-18)11-23(32)19-10-15-1-4-16(19)9-15/h1,4-5,8,12-16,18-19H,2-3,6-7,9-11H2,(H,30,31). The van der Waals surface area contributed by atoms with E-state index >= 15 is 0 Å². The van der Waals surface area contributed by atoms with E-state index in [1.54, 1.807) is 12.1 Å². The number of carbonyl (C=O) groups excluding carboxylic acids is 1. The van der Waals surface area contributed by atoms with Crippen molar-refractivity contribution in [3.63, 3.8) is 0 Å². The molecule has 2 fully saturated rings. The van der Waals surface area contributed by atoms with Crippen molar-refractivity contribution in [3.8, 4) is 0 Å². The van der Waals surface area contributed by atoms with Crippen LogP contribution in [0, 0.1) is 23.7 Å². The van der Waals surface area contributed by atoms with Gasteiger partial charge in [-0.25, -0.2) is 4.98 Å². The lowest BCUT2D eigenvalue weighted by molar-refractivity contribution is -0.140. The van der Waals surface area contributed by atoms with Crippen molar-refractivity contribution >= 4 is 34.0 Å². The predicted molar refractivity (Wildman–Crippen MR) is 120 cm³/mol. The molecular formula is C25H26ClF3N2O. The minimum atomic E-state index is -4.52. The fourth-order valence-electron chi connectivity index (χ4n) is 5.78. The maximum Gasteiger partial charge on any atom is 0.433 e. The number of alkyl halides is 3. The van der Waals surface area contributed by atoms with E-state index < -0.39 is 11.9 Å². The lowest BCUT2D eigenvalue weighted by Crippen LogP contribution is -2.29. The van der Waals surface area contributed by atoms with Crippen molar-refractivity contribution < 1.29 is 18.0 Å². The van der Waals surface area contributed by atoms with Gasteiger partial charge in [-0.15, -0.1) is 0 Å². The lowest BCUT2D eigenvalue weighted by atomic mass is 9.79. The second-order valence-corrected chi connectivity index (χ2v) is 10.1. The number of nitrogens with zero attached hydrogens (tertiary/aromatic N) is 1. The zero-order valence-corrected chi connectivity index (χ0v) is 18.4. The summed E-state index contributed by atoms with van der Waals surface area (Å²) >= 11 is 6.09. The first-order valence-corrected chi connectivity index (χ1v) is 11.8. The van der Waals surface area contributed by atoms with Gasteiger partial charge in [0.15, 0.2) is 0 Å². The molecule has 1 heterocycles. The molecule has 3 aliphatic rings. The van der Waals surface area contributed by atoms with Crippen molar-refractivity contribution in [1.29, 1.82) is 0 Å². The molecule has 7 heteroatoms. The van der Waals surface area contributed by atoms with Gasteiger partial charge in [-0.2, -0.15) is 13.2 Å². The molecule has 0 spiro atoms. The van der Waals surface area contributed by atoms with Crippen LogP contribution >= 0.6 is 11.6 Å². The van der Waals surface area contributed by atoms with Gasteiger partial charge in [0.05, 0.1) is 5.52 Å². The average Bonchev–Trinajstić information content (AvgIpc) is 3.38. The molecule has 1 aromatic heterocycles. The van der Waals surface area contributed by atoms with Gasteiger partial charge in [0.25, 0.3) is 0 Å². The van der Waals surface area contributed by atoms with Crippen molar-refractivity contribution in [1.82, 2.24) is 4.98 Å². The molecule has 0 amide bonds. The zero-order chi connectivity index (χ0) is 22.5. The Hall–Kier alpha value is -2.08. The Balaban J connectivity index is 1.24. The summed E-state index contributed by atoms with van der Waals surface area (Å²) in [5.74, 6) is 2.02. The number of anilines is 1. The molecule has 2 aromatic rings. The first kappa shape index (κ1) is 21.7. The number of ketones is 1. The summed E-state index contributed by atoms with van der Waals surface area (Å²) in [5, 5.41) is 4.37. The van der Waals surface area contributed by atoms with Crippen LogP contribution in [-0.4, -0.2) is 16.8 Å². The highest BCUT2D eigenvalue weighted by molar-refractivity contribution is 6.31. The maximum absolute atomic E-state index is 13.4. The van der Waals surface area contributed by atoms with Gasteiger partial charge in [-0.3, -0.25) is 4.79 Å². The SMILES string of the molecule is O=C(CC1CCC(Nc2cc(C(F)(F)F)nc3ccc(Cl)cc23)CC1)C1CC2C=CC1C2. The number of hydrogen-bond acceptors (Lipinski definition) is 3. The molecule has 3 atom stereocenters. The molecule has 0 saturated heterocycles. The smallest absolute Gasteiger partial charge is 0.382 e. The van der Waals surface area contributed by atoms with Crippen LogP contribution in [0.15, 0.2) is 36.4 Å². The molecule has 3 nitrogen and oxygen atoms in total. The molecule has 3 unspecified atom stereocenters. The number of rotatable bonds is 5. The summed E-state index contributed by atoms with van der Waals surface area (Å²) in [6.07, 6.45) is 6.24. The topological polar surface area (TPSA) is 42.0 Å². The Morgan fingerprint density at radius 1 is 1.09 bits per heavy atom. The van der Waals surface area contributed by atoms with Crippen LogP contribution in [0.5, 0.6) is 0 Å². The van der Waals surface area contributed by atoms with Crippen LogP contribution in [0.2, 0.25) is 5.02 Å². The maximum atomic E-state index is 13.4. The fraction of sp³-hybridized carbons (Fsp3) is 0.520. The second-order valence-electron chi connectivity index (χ2n) is 9.63. The van der Waals surface area contributed by atoms with Crippen molar-refractivity contribution in [3.05, 3.63) is 47.1 Å². The number of pyridine rings is 1. The molecule has 2 bridgehead atoms.